The molecule has 4 aromatic rings. The predicted molar refractivity (Wildman–Crippen MR) is 146 cm³/mol. The van der Waals surface area contributed by atoms with Crippen molar-refractivity contribution in [3.05, 3.63) is 65.6 Å². The fraction of sp³-hybridized carbons (Fsp3) is 0.393. The van der Waals surface area contributed by atoms with Gasteiger partial charge < -0.3 is 20.3 Å². The van der Waals surface area contributed by atoms with Gasteiger partial charge >= 0.3 is 0 Å². The number of benzene rings is 1. The SMILES string of the molecule is CC(C)CCc1c(Nc2nccc(-c3cc(C#N)c4c(c3)C(C)(CO)CN4)n2)cnn1Cc1cncn1C. The first kappa shape index (κ1) is 25.4. The molecule has 38 heavy (non-hydrogen) atoms. The lowest BCUT2D eigenvalue weighted by molar-refractivity contribution is 0.219. The Hall–Kier alpha value is -4.23. The Morgan fingerprint density at radius 1 is 1.29 bits per heavy atom. The summed E-state index contributed by atoms with van der Waals surface area (Å²) in [5.74, 6) is 1.01. The van der Waals surface area contributed by atoms with Crippen molar-refractivity contribution in [2.75, 3.05) is 23.8 Å². The third-order valence-electron chi connectivity index (χ3n) is 7.25. The smallest absolute Gasteiger partial charge is 0.227 e. The summed E-state index contributed by atoms with van der Waals surface area (Å²) in [5, 5.41) is 31.2. The van der Waals surface area contributed by atoms with Crippen molar-refractivity contribution in [2.45, 2.75) is 45.6 Å². The number of hydrogen-bond acceptors (Lipinski definition) is 8. The number of hydrogen-bond donors (Lipinski definition) is 3. The van der Waals surface area contributed by atoms with Gasteiger partial charge in [0.1, 0.15) is 6.07 Å². The molecule has 3 N–H and O–H groups in total. The summed E-state index contributed by atoms with van der Waals surface area (Å²) in [4.78, 5) is 13.5. The molecule has 0 spiro atoms. The molecule has 1 aliphatic rings. The molecule has 0 fully saturated rings. The first-order chi connectivity index (χ1) is 18.3. The lowest BCUT2D eigenvalue weighted by Crippen LogP contribution is -2.28. The van der Waals surface area contributed by atoms with Gasteiger partial charge in [0.2, 0.25) is 5.95 Å². The van der Waals surface area contributed by atoms with Gasteiger partial charge in [0, 0.05) is 30.8 Å². The number of nitriles is 1. The van der Waals surface area contributed by atoms with E-state index in [2.05, 4.69) is 45.6 Å². The zero-order valence-corrected chi connectivity index (χ0v) is 22.2. The lowest BCUT2D eigenvalue weighted by atomic mass is 9.83. The molecular formula is C28H33N9O. The highest BCUT2D eigenvalue weighted by Crippen LogP contribution is 2.41. The second-order valence-corrected chi connectivity index (χ2v) is 10.6. The van der Waals surface area contributed by atoms with Gasteiger partial charge in [-0.1, -0.05) is 20.8 Å². The van der Waals surface area contributed by atoms with E-state index in [1.165, 1.54) is 0 Å². The fourth-order valence-electron chi connectivity index (χ4n) is 4.80. The maximum absolute atomic E-state index is 10.0. The van der Waals surface area contributed by atoms with Crippen LogP contribution in [0.4, 0.5) is 17.3 Å². The summed E-state index contributed by atoms with van der Waals surface area (Å²) in [6.07, 6.45) is 9.07. The van der Waals surface area contributed by atoms with E-state index in [4.69, 9.17) is 4.98 Å². The van der Waals surface area contributed by atoms with E-state index in [1.807, 2.05) is 53.8 Å². The number of aromatic nitrogens is 6. The molecule has 1 atom stereocenters. The minimum Gasteiger partial charge on any atom is -0.395 e. The zero-order valence-electron chi connectivity index (χ0n) is 22.2. The first-order valence-electron chi connectivity index (χ1n) is 12.8. The first-order valence-corrected chi connectivity index (χ1v) is 12.8. The average molecular weight is 512 g/mol. The van der Waals surface area contributed by atoms with E-state index in [0.717, 1.165) is 46.7 Å². The van der Waals surface area contributed by atoms with Crippen molar-refractivity contribution in [2.24, 2.45) is 13.0 Å². The number of nitrogens with zero attached hydrogens (tertiary/aromatic N) is 7. The Labute approximate surface area is 222 Å². The van der Waals surface area contributed by atoms with Crippen LogP contribution in [-0.4, -0.2) is 47.6 Å². The summed E-state index contributed by atoms with van der Waals surface area (Å²) >= 11 is 0. The van der Waals surface area contributed by atoms with Gasteiger partial charge in [-0.15, -0.1) is 0 Å². The van der Waals surface area contributed by atoms with E-state index in [1.54, 1.807) is 12.5 Å². The fourth-order valence-corrected chi connectivity index (χ4v) is 4.80. The average Bonchev–Trinajstić information content (AvgIpc) is 3.60. The zero-order chi connectivity index (χ0) is 26.9. The topological polar surface area (TPSA) is 130 Å². The van der Waals surface area contributed by atoms with Crippen LogP contribution in [-0.2, 0) is 25.4 Å². The molecule has 1 aliphatic heterocycles. The lowest BCUT2D eigenvalue weighted by Gasteiger charge is -2.21. The van der Waals surface area contributed by atoms with Gasteiger partial charge in [-0.05, 0) is 42.5 Å². The van der Waals surface area contributed by atoms with Crippen LogP contribution in [0.5, 0.6) is 0 Å². The number of aryl methyl sites for hydroxylation is 1. The summed E-state index contributed by atoms with van der Waals surface area (Å²) in [7, 11) is 1.98. The molecule has 0 aliphatic carbocycles. The quantitative estimate of drug-likeness (QED) is 0.307. The van der Waals surface area contributed by atoms with Gasteiger partial charge in [0.25, 0.3) is 0 Å². The predicted octanol–water partition coefficient (Wildman–Crippen LogP) is 4.00. The molecule has 0 amide bonds. The van der Waals surface area contributed by atoms with Crippen LogP contribution in [0.25, 0.3) is 11.3 Å². The van der Waals surface area contributed by atoms with Crippen molar-refractivity contribution >= 4 is 17.3 Å². The molecular weight excluding hydrogens is 478 g/mol. The second-order valence-electron chi connectivity index (χ2n) is 10.6. The van der Waals surface area contributed by atoms with Crippen LogP contribution in [0.3, 0.4) is 0 Å². The number of rotatable bonds is 9. The molecule has 3 aromatic heterocycles. The van der Waals surface area contributed by atoms with E-state index in [-0.39, 0.29) is 6.61 Å². The Bertz CT molecular complexity index is 1500. The maximum Gasteiger partial charge on any atom is 0.227 e. The number of anilines is 3. The highest BCUT2D eigenvalue weighted by molar-refractivity contribution is 5.76. The normalized spacial score (nSPS) is 16.3. The van der Waals surface area contributed by atoms with Crippen LogP contribution in [0.2, 0.25) is 0 Å². The molecule has 1 unspecified atom stereocenters. The van der Waals surface area contributed by atoms with Gasteiger partial charge in [-0.3, -0.25) is 4.68 Å². The van der Waals surface area contributed by atoms with Crippen molar-refractivity contribution < 1.29 is 5.11 Å². The van der Waals surface area contributed by atoms with E-state index in [0.29, 0.717) is 36.2 Å². The highest BCUT2D eigenvalue weighted by Gasteiger charge is 2.36. The van der Waals surface area contributed by atoms with E-state index in [9.17, 15) is 10.4 Å². The molecule has 10 heteroatoms. The van der Waals surface area contributed by atoms with E-state index >= 15 is 0 Å². The van der Waals surface area contributed by atoms with Crippen molar-refractivity contribution in [1.29, 1.82) is 5.26 Å². The van der Waals surface area contributed by atoms with Crippen LogP contribution >= 0.6 is 0 Å². The maximum atomic E-state index is 10.0. The summed E-state index contributed by atoms with van der Waals surface area (Å²) in [5.41, 5.74) is 6.31. The number of nitrogens with one attached hydrogen (secondary N) is 2. The molecule has 10 nitrogen and oxygen atoms in total. The van der Waals surface area contributed by atoms with Gasteiger partial charge in [0.05, 0.1) is 65.9 Å². The minimum absolute atomic E-state index is 0.0140. The Morgan fingerprint density at radius 3 is 2.84 bits per heavy atom. The Kier molecular flexibility index (Phi) is 6.87. The standard InChI is InChI=1S/C28H33N9O/c1-18(2)5-6-25-24(13-33-37(25)14-21-12-30-17-36(21)4)35-27-31-8-7-23(34-27)19-9-20(11-29)26-22(10-19)28(3,16-38)15-32-26/h7-10,12-13,17-18,32,38H,5-6,14-16H2,1-4H3,(H,31,34,35). The number of fused-ring (bicyclic) bond motifs is 1. The van der Waals surface area contributed by atoms with Crippen LogP contribution < -0.4 is 10.6 Å². The minimum atomic E-state index is -0.460. The summed E-state index contributed by atoms with van der Waals surface area (Å²) in [6.45, 7) is 7.60. The van der Waals surface area contributed by atoms with E-state index < -0.39 is 5.41 Å². The van der Waals surface area contributed by atoms with Crippen LogP contribution in [0.1, 0.15) is 49.7 Å². The van der Waals surface area contributed by atoms with Crippen molar-refractivity contribution in [3.63, 3.8) is 0 Å². The summed E-state index contributed by atoms with van der Waals surface area (Å²) < 4.78 is 4.00. The molecule has 0 saturated carbocycles. The van der Waals surface area contributed by atoms with Gasteiger partial charge in [-0.2, -0.15) is 10.4 Å². The van der Waals surface area contributed by atoms with Crippen LogP contribution in [0, 0.1) is 17.2 Å². The monoisotopic (exact) mass is 511 g/mol. The van der Waals surface area contributed by atoms with Crippen molar-refractivity contribution in [1.82, 2.24) is 29.3 Å². The van der Waals surface area contributed by atoms with Gasteiger partial charge in [0.15, 0.2) is 0 Å². The number of aliphatic hydroxyl groups is 1. The molecule has 0 bridgehead atoms. The number of aliphatic hydroxyl groups excluding tert-OH is 1. The van der Waals surface area contributed by atoms with Gasteiger partial charge in [-0.25, -0.2) is 15.0 Å². The molecule has 1 aromatic carbocycles. The second kappa shape index (κ2) is 10.3. The Balaban J connectivity index is 1.47. The Morgan fingerprint density at radius 2 is 2.13 bits per heavy atom. The molecule has 5 rings (SSSR count). The third kappa shape index (κ3) is 4.85. The highest BCUT2D eigenvalue weighted by atomic mass is 16.3. The summed E-state index contributed by atoms with van der Waals surface area (Å²) in [6, 6.07) is 7.97. The van der Waals surface area contributed by atoms with Crippen LogP contribution in [0.15, 0.2) is 43.1 Å². The third-order valence-corrected chi connectivity index (χ3v) is 7.25. The molecule has 4 heterocycles. The molecule has 196 valence electrons. The van der Waals surface area contributed by atoms with Crippen molar-refractivity contribution in [3.8, 4) is 17.3 Å². The molecule has 0 saturated heterocycles. The number of imidazole rings is 1. The molecule has 0 radical (unpaired) electrons. The largest absolute Gasteiger partial charge is 0.395 e.